The van der Waals surface area contributed by atoms with Crippen molar-refractivity contribution in [1.82, 2.24) is 0 Å². The molecule has 0 spiro atoms. The Morgan fingerprint density at radius 3 is 1.97 bits per heavy atom. The lowest BCUT2D eigenvalue weighted by Gasteiger charge is -2.42. The third-order valence-electron chi connectivity index (χ3n) is 7.90. The molecule has 1 N–H and O–H groups in total. The molecule has 0 bridgehead atoms. The smallest absolute Gasteiger partial charge is 0.167 e. The second-order valence-electron chi connectivity index (χ2n) is 12.3. The highest BCUT2D eigenvalue weighted by atomic mass is 16.3. The van der Waals surface area contributed by atoms with Gasteiger partial charge in [-0.2, -0.15) is 0 Å². The fourth-order valence-corrected chi connectivity index (χ4v) is 5.66. The van der Waals surface area contributed by atoms with E-state index < -0.39 is 0 Å². The molecule has 0 aromatic heterocycles. The van der Waals surface area contributed by atoms with Gasteiger partial charge in [-0.3, -0.25) is 4.79 Å². The largest absolute Gasteiger partial charge is 0.512 e. The quantitative estimate of drug-likeness (QED) is 0.522. The van der Waals surface area contributed by atoms with E-state index in [-0.39, 0.29) is 27.8 Å². The number of carbonyl (C=O) groups excluding carboxylic acids is 1. The van der Waals surface area contributed by atoms with E-state index in [1.807, 2.05) is 38.1 Å². The molecule has 0 fully saturated rings. The summed E-state index contributed by atoms with van der Waals surface area (Å²) in [6, 6.07) is 12.7. The van der Waals surface area contributed by atoms with Crippen LogP contribution < -0.4 is 0 Å². The van der Waals surface area contributed by atoms with Crippen LogP contribution in [0.3, 0.4) is 0 Å². The number of aryl methyl sites for hydroxylation is 1. The number of Topliss-reactive ketones (excluding diaryl/α,β-unsaturated/α-hetero) is 1. The Bertz CT molecular complexity index is 1170. The van der Waals surface area contributed by atoms with Crippen LogP contribution in [0.15, 0.2) is 48.7 Å². The highest BCUT2D eigenvalue weighted by Gasteiger charge is 2.37. The normalized spacial score (nSPS) is 21.0. The third-order valence-corrected chi connectivity index (χ3v) is 7.90. The number of aliphatic hydroxyl groups is 1. The minimum Gasteiger partial charge on any atom is -0.512 e. The molecule has 0 saturated heterocycles. The number of fused-ring (bicyclic) bond motifs is 1. The zero-order valence-corrected chi connectivity index (χ0v) is 21.4. The number of hydrogen-bond donors (Lipinski definition) is 1. The monoisotopic (exact) mass is 442 g/mol. The highest BCUT2D eigenvalue weighted by Crippen LogP contribution is 2.47. The van der Waals surface area contributed by atoms with Crippen LogP contribution in [-0.4, -0.2) is 10.9 Å². The minimum atomic E-state index is -0.189. The van der Waals surface area contributed by atoms with Gasteiger partial charge in [0.1, 0.15) is 5.76 Å². The van der Waals surface area contributed by atoms with Crippen molar-refractivity contribution in [2.45, 2.75) is 85.0 Å². The van der Waals surface area contributed by atoms with Crippen molar-refractivity contribution in [2.75, 3.05) is 0 Å². The third kappa shape index (κ3) is 4.21. The first-order valence-electron chi connectivity index (χ1n) is 12.1. The van der Waals surface area contributed by atoms with Gasteiger partial charge in [0.25, 0.3) is 0 Å². The molecule has 0 amide bonds. The number of hydrogen-bond acceptors (Lipinski definition) is 2. The SMILES string of the molecule is C=C(c1ccc(C2=C(O)CC(C)(C)CC2=O)cc1)c1cc2c(cc1C)C(C)(C)CCC2(C)C. The summed E-state index contributed by atoms with van der Waals surface area (Å²) in [5.41, 5.74) is 8.77. The van der Waals surface area contributed by atoms with Gasteiger partial charge in [-0.05, 0) is 75.0 Å². The second kappa shape index (κ2) is 7.72. The molecule has 2 aromatic carbocycles. The van der Waals surface area contributed by atoms with Gasteiger partial charge in [0, 0.05) is 12.8 Å². The molecule has 0 aliphatic heterocycles. The van der Waals surface area contributed by atoms with E-state index in [4.69, 9.17) is 0 Å². The van der Waals surface area contributed by atoms with Crippen molar-refractivity contribution in [3.63, 3.8) is 0 Å². The maximum Gasteiger partial charge on any atom is 0.167 e. The van der Waals surface area contributed by atoms with Crippen LogP contribution in [0.1, 0.15) is 101 Å². The topological polar surface area (TPSA) is 37.3 Å². The summed E-state index contributed by atoms with van der Waals surface area (Å²) in [6.07, 6.45) is 3.37. The lowest BCUT2D eigenvalue weighted by molar-refractivity contribution is -0.116. The summed E-state index contributed by atoms with van der Waals surface area (Å²) in [6.45, 7) is 20.1. The molecule has 174 valence electrons. The van der Waals surface area contributed by atoms with Gasteiger partial charge in [-0.25, -0.2) is 0 Å². The van der Waals surface area contributed by atoms with Crippen LogP contribution >= 0.6 is 0 Å². The molecular weight excluding hydrogens is 404 g/mol. The Labute approximate surface area is 199 Å². The van der Waals surface area contributed by atoms with E-state index >= 15 is 0 Å². The lowest BCUT2D eigenvalue weighted by atomic mass is 9.62. The predicted octanol–water partition coefficient (Wildman–Crippen LogP) is 8.06. The van der Waals surface area contributed by atoms with Gasteiger partial charge in [0.2, 0.25) is 0 Å². The van der Waals surface area contributed by atoms with E-state index in [9.17, 15) is 9.90 Å². The van der Waals surface area contributed by atoms with Gasteiger partial charge in [0.15, 0.2) is 5.78 Å². The number of ketones is 1. The molecule has 0 unspecified atom stereocenters. The molecule has 2 aromatic rings. The fraction of sp³-hybridized carbons (Fsp3) is 0.452. The summed E-state index contributed by atoms with van der Waals surface area (Å²) < 4.78 is 0. The molecular formula is C31H38O2. The summed E-state index contributed by atoms with van der Waals surface area (Å²) in [7, 11) is 0. The van der Waals surface area contributed by atoms with Crippen molar-refractivity contribution < 1.29 is 9.90 Å². The number of benzene rings is 2. The molecule has 2 aliphatic carbocycles. The average Bonchev–Trinajstić information content (AvgIpc) is 2.70. The van der Waals surface area contributed by atoms with Crippen LogP contribution in [0.4, 0.5) is 0 Å². The van der Waals surface area contributed by atoms with Gasteiger partial charge < -0.3 is 5.11 Å². The zero-order chi connectivity index (χ0) is 24.3. The van der Waals surface area contributed by atoms with E-state index in [0.29, 0.717) is 18.4 Å². The van der Waals surface area contributed by atoms with Crippen molar-refractivity contribution in [2.24, 2.45) is 5.41 Å². The number of aliphatic hydroxyl groups excluding tert-OH is 1. The fourth-order valence-electron chi connectivity index (χ4n) is 5.66. The van der Waals surface area contributed by atoms with Gasteiger partial charge in [0.05, 0.1) is 5.57 Å². The molecule has 0 heterocycles. The van der Waals surface area contributed by atoms with E-state index in [2.05, 4.69) is 53.3 Å². The highest BCUT2D eigenvalue weighted by molar-refractivity contribution is 6.22. The number of allylic oxidation sites excluding steroid dienone is 2. The van der Waals surface area contributed by atoms with E-state index in [0.717, 1.165) is 16.7 Å². The van der Waals surface area contributed by atoms with Crippen molar-refractivity contribution >= 4 is 16.9 Å². The Morgan fingerprint density at radius 2 is 1.42 bits per heavy atom. The van der Waals surface area contributed by atoms with Crippen molar-refractivity contribution in [3.8, 4) is 0 Å². The zero-order valence-electron chi connectivity index (χ0n) is 21.4. The molecule has 2 heteroatoms. The van der Waals surface area contributed by atoms with Crippen LogP contribution in [0, 0.1) is 12.3 Å². The molecule has 4 rings (SSSR count). The second-order valence-corrected chi connectivity index (χ2v) is 12.3. The van der Waals surface area contributed by atoms with Crippen LogP contribution in [0.5, 0.6) is 0 Å². The Hall–Kier alpha value is -2.61. The summed E-state index contributed by atoms with van der Waals surface area (Å²) >= 11 is 0. The van der Waals surface area contributed by atoms with Crippen LogP contribution in [-0.2, 0) is 15.6 Å². The molecule has 0 saturated carbocycles. The van der Waals surface area contributed by atoms with Gasteiger partial charge in [-0.15, -0.1) is 0 Å². The van der Waals surface area contributed by atoms with Crippen molar-refractivity contribution in [1.29, 1.82) is 0 Å². The van der Waals surface area contributed by atoms with Gasteiger partial charge in [-0.1, -0.05) is 84.5 Å². The Balaban J connectivity index is 1.70. The molecule has 0 atom stereocenters. The maximum atomic E-state index is 12.7. The van der Waals surface area contributed by atoms with Gasteiger partial charge >= 0.3 is 0 Å². The molecule has 2 nitrogen and oxygen atoms in total. The van der Waals surface area contributed by atoms with E-state index in [1.165, 1.54) is 35.1 Å². The Kier molecular flexibility index (Phi) is 5.51. The van der Waals surface area contributed by atoms with Crippen LogP contribution in [0.2, 0.25) is 0 Å². The maximum absolute atomic E-state index is 12.7. The summed E-state index contributed by atoms with van der Waals surface area (Å²) in [5, 5.41) is 10.6. The Morgan fingerprint density at radius 1 is 0.879 bits per heavy atom. The van der Waals surface area contributed by atoms with Crippen molar-refractivity contribution in [3.05, 3.63) is 82.1 Å². The summed E-state index contributed by atoms with van der Waals surface area (Å²) in [5.74, 6) is 0.226. The lowest BCUT2D eigenvalue weighted by Crippen LogP contribution is -2.34. The molecule has 2 aliphatic rings. The predicted molar refractivity (Wildman–Crippen MR) is 139 cm³/mol. The molecule has 0 radical (unpaired) electrons. The summed E-state index contributed by atoms with van der Waals surface area (Å²) in [4.78, 5) is 12.7. The first-order chi connectivity index (χ1) is 15.2. The van der Waals surface area contributed by atoms with E-state index in [1.54, 1.807) is 0 Å². The first-order valence-corrected chi connectivity index (χ1v) is 12.1. The number of carbonyl (C=O) groups is 1. The number of rotatable bonds is 3. The first kappa shape index (κ1) is 23.5. The minimum absolute atomic E-state index is 0.0192. The standard InChI is InChI=1S/C31H38O2/c1-19-15-24-25(31(7,8)14-13-30(24,5)6)16-23(19)20(2)21-9-11-22(12-10-21)28-26(32)17-29(3,4)18-27(28)33/h9-12,15-16,32H,2,13-14,17-18H2,1,3-8H3. The van der Waals surface area contributed by atoms with Crippen LogP contribution in [0.25, 0.3) is 11.1 Å². The average molecular weight is 443 g/mol. The molecule has 33 heavy (non-hydrogen) atoms.